The van der Waals surface area contributed by atoms with E-state index in [1.165, 1.54) is 6.07 Å². The van der Waals surface area contributed by atoms with E-state index in [4.69, 9.17) is 11.6 Å². The number of nitro benzene ring substituents is 1. The Bertz CT molecular complexity index is 394. The van der Waals surface area contributed by atoms with Crippen LogP contribution < -0.4 is 5.32 Å². The maximum Gasteiger partial charge on any atom is 0.288 e. The van der Waals surface area contributed by atoms with Crippen LogP contribution in [-0.2, 0) is 6.54 Å². The molecule has 1 aromatic rings. The third-order valence-corrected chi connectivity index (χ3v) is 2.38. The standard InChI is InChI=1S/C11H13ClN2O2/c1-2-3-6-13-8-9-4-5-10(12)11(7-9)14(15)16/h2,4-5,7,13H,1,3,6,8H2. The van der Waals surface area contributed by atoms with Gasteiger partial charge in [0.05, 0.1) is 4.92 Å². The topological polar surface area (TPSA) is 55.2 Å². The molecule has 0 saturated carbocycles. The van der Waals surface area contributed by atoms with Crippen LogP contribution in [-0.4, -0.2) is 11.5 Å². The second kappa shape index (κ2) is 6.25. The Morgan fingerprint density at radius 1 is 1.56 bits per heavy atom. The zero-order valence-corrected chi connectivity index (χ0v) is 9.54. The van der Waals surface area contributed by atoms with Crippen LogP contribution in [0.3, 0.4) is 0 Å². The smallest absolute Gasteiger partial charge is 0.288 e. The molecule has 16 heavy (non-hydrogen) atoms. The molecule has 1 rings (SSSR count). The van der Waals surface area contributed by atoms with Crippen molar-refractivity contribution in [2.45, 2.75) is 13.0 Å². The van der Waals surface area contributed by atoms with Crippen molar-refractivity contribution < 1.29 is 4.92 Å². The number of rotatable bonds is 6. The lowest BCUT2D eigenvalue weighted by atomic mass is 10.2. The predicted octanol–water partition coefficient (Wildman–Crippen LogP) is 2.91. The highest BCUT2D eigenvalue weighted by Crippen LogP contribution is 2.24. The number of halogens is 1. The molecule has 0 radical (unpaired) electrons. The van der Waals surface area contributed by atoms with Crippen LogP contribution in [0, 0.1) is 10.1 Å². The van der Waals surface area contributed by atoms with Gasteiger partial charge in [-0.25, -0.2) is 0 Å². The molecule has 0 saturated heterocycles. The zero-order valence-electron chi connectivity index (χ0n) is 8.78. The van der Waals surface area contributed by atoms with Crippen molar-refractivity contribution in [2.75, 3.05) is 6.54 Å². The molecule has 0 bridgehead atoms. The van der Waals surface area contributed by atoms with Crippen molar-refractivity contribution in [2.24, 2.45) is 0 Å². The summed E-state index contributed by atoms with van der Waals surface area (Å²) in [7, 11) is 0. The van der Waals surface area contributed by atoms with Crippen molar-refractivity contribution in [3.8, 4) is 0 Å². The molecule has 0 aliphatic heterocycles. The minimum absolute atomic E-state index is 0.0512. The highest BCUT2D eigenvalue weighted by atomic mass is 35.5. The first kappa shape index (κ1) is 12.7. The maximum absolute atomic E-state index is 10.6. The Morgan fingerprint density at radius 3 is 2.94 bits per heavy atom. The maximum atomic E-state index is 10.6. The molecule has 0 spiro atoms. The molecule has 1 N–H and O–H groups in total. The molecule has 0 aliphatic carbocycles. The van der Waals surface area contributed by atoms with Gasteiger partial charge < -0.3 is 5.32 Å². The summed E-state index contributed by atoms with van der Waals surface area (Å²) in [4.78, 5) is 10.2. The second-order valence-electron chi connectivity index (χ2n) is 3.30. The molecule has 0 aliphatic rings. The van der Waals surface area contributed by atoms with E-state index >= 15 is 0 Å². The van der Waals surface area contributed by atoms with E-state index in [-0.39, 0.29) is 10.7 Å². The monoisotopic (exact) mass is 240 g/mol. The first-order chi connectivity index (χ1) is 7.65. The van der Waals surface area contributed by atoms with E-state index in [2.05, 4.69) is 11.9 Å². The van der Waals surface area contributed by atoms with Gasteiger partial charge in [0, 0.05) is 12.6 Å². The average Bonchev–Trinajstić information content (AvgIpc) is 2.26. The van der Waals surface area contributed by atoms with Gasteiger partial charge in [-0.1, -0.05) is 23.7 Å². The second-order valence-corrected chi connectivity index (χ2v) is 3.70. The van der Waals surface area contributed by atoms with Gasteiger partial charge >= 0.3 is 0 Å². The summed E-state index contributed by atoms with van der Waals surface area (Å²) in [5.41, 5.74) is 0.796. The normalized spacial score (nSPS) is 10.1. The summed E-state index contributed by atoms with van der Waals surface area (Å²) in [6, 6.07) is 4.81. The van der Waals surface area contributed by atoms with Crippen molar-refractivity contribution in [1.29, 1.82) is 0 Å². The number of hydrogen-bond acceptors (Lipinski definition) is 3. The highest BCUT2D eigenvalue weighted by Gasteiger charge is 2.12. The van der Waals surface area contributed by atoms with E-state index in [9.17, 15) is 10.1 Å². The molecule has 0 aromatic heterocycles. The fourth-order valence-corrected chi connectivity index (χ4v) is 1.43. The summed E-state index contributed by atoms with van der Waals surface area (Å²) >= 11 is 5.70. The third-order valence-electron chi connectivity index (χ3n) is 2.06. The Hall–Kier alpha value is -1.39. The van der Waals surface area contributed by atoms with Gasteiger partial charge in [-0.15, -0.1) is 6.58 Å². The molecule has 4 nitrogen and oxygen atoms in total. The van der Waals surface area contributed by atoms with E-state index in [1.54, 1.807) is 12.1 Å². The molecule has 5 heteroatoms. The third kappa shape index (κ3) is 3.64. The van der Waals surface area contributed by atoms with E-state index in [0.717, 1.165) is 18.5 Å². The number of nitrogens with zero attached hydrogens (tertiary/aromatic N) is 1. The van der Waals surface area contributed by atoms with Crippen LogP contribution in [0.1, 0.15) is 12.0 Å². The van der Waals surface area contributed by atoms with Crippen LogP contribution in [0.5, 0.6) is 0 Å². The van der Waals surface area contributed by atoms with Crippen molar-refractivity contribution >= 4 is 17.3 Å². The van der Waals surface area contributed by atoms with Gasteiger partial charge in [-0.2, -0.15) is 0 Å². The fourth-order valence-electron chi connectivity index (χ4n) is 1.24. The van der Waals surface area contributed by atoms with E-state index < -0.39 is 4.92 Å². The summed E-state index contributed by atoms with van der Waals surface area (Å²) in [6.45, 7) is 5.00. The minimum Gasteiger partial charge on any atom is -0.312 e. The number of hydrogen-bond donors (Lipinski definition) is 1. The Kier molecular flexibility index (Phi) is 4.95. The minimum atomic E-state index is -0.477. The van der Waals surface area contributed by atoms with Crippen molar-refractivity contribution in [3.05, 3.63) is 51.6 Å². The van der Waals surface area contributed by atoms with Crippen LogP contribution in [0.4, 0.5) is 5.69 Å². The van der Waals surface area contributed by atoms with Crippen LogP contribution in [0.15, 0.2) is 30.9 Å². The number of nitro groups is 1. The van der Waals surface area contributed by atoms with Gasteiger partial charge in [0.2, 0.25) is 0 Å². The summed E-state index contributed by atoms with van der Waals surface area (Å²) in [6.07, 6.45) is 2.69. The Morgan fingerprint density at radius 2 is 2.31 bits per heavy atom. The van der Waals surface area contributed by atoms with Crippen molar-refractivity contribution in [1.82, 2.24) is 5.32 Å². The number of benzene rings is 1. The summed E-state index contributed by atoms with van der Waals surface area (Å²) in [5.74, 6) is 0. The average molecular weight is 241 g/mol. The fraction of sp³-hybridized carbons (Fsp3) is 0.273. The molecule has 0 amide bonds. The molecule has 1 aromatic carbocycles. The van der Waals surface area contributed by atoms with Gasteiger partial charge in [0.1, 0.15) is 5.02 Å². The van der Waals surface area contributed by atoms with Gasteiger partial charge in [-0.3, -0.25) is 10.1 Å². The first-order valence-corrected chi connectivity index (χ1v) is 5.27. The molecular weight excluding hydrogens is 228 g/mol. The van der Waals surface area contributed by atoms with Gasteiger partial charge in [0.25, 0.3) is 5.69 Å². The predicted molar refractivity (Wildman–Crippen MR) is 64.6 cm³/mol. The van der Waals surface area contributed by atoms with Gasteiger partial charge in [0.15, 0.2) is 0 Å². The molecule has 0 heterocycles. The quantitative estimate of drug-likeness (QED) is 0.360. The van der Waals surface area contributed by atoms with Crippen molar-refractivity contribution in [3.63, 3.8) is 0 Å². The molecule has 0 atom stereocenters. The largest absolute Gasteiger partial charge is 0.312 e. The molecule has 86 valence electrons. The Labute approximate surface area is 99.1 Å². The first-order valence-electron chi connectivity index (χ1n) is 4.89. The summed E-state index contributed by atoms with van der Waals surface area (Å²) in [5, 5.41) is 14.0. The number of nitrogens with one attached hydrogen (secondary N) is 1. The molecule has 0 unspecified atom stereocenters. The van der Waals surface area contributed by atoms with E-state index in [0.29, 0.717) is 6.54 Å². The Balaban J connectivity index is 2.64. The lowest BCUT2D eigenvalue weighted by molar-refractivity contribution is -0.384. The molecule has 0 fully saturated rings. The van der Waals surface area contributed by atoms with Crippen LogP contribution >= 0.6 is 11.6 Å². The summed E-state index contributed by atoms with van der Waals surface area (Å²) < 4.78 is 0. The highest BCUT2D eigenvalue weighted by molar-refractivity contribution is 6.32. The lowest BCUT2D eigenvalue weighted by Gasteiger charge is -2.03. The SMILES string of the molecule is C=CCCNCc1ccc(Cl)c([N+](=O)[O-])c1. The van der Waals surface area contributed by atoms with Gasteiger partial charge in [-0.05, 0) is 24.6 Å². The lowest BCUT2D eigenvalue weighted by Crippen LogP contribution is -2.14. The zero-order chi connectivity index (χ0) is 12.0. The van der Waals surface area contributed by atoms with E-state index in [1.807, 2.05) is 6.08 Å². The van der Waals surface area contributed by atoms with Crippen LogP contribution in [0.2, 0.25) is 5.02 Å². The molecular formula is C11H13ClN2O2. The van der Waals surface area contributed by atoms with Crippen LogP contribution in [0.25, 0.3) is 0 Å².